The molecule has 0 aliphatic heterocycles. The molecule has 0 saturated heterocycles. The van der Waals surface area contributed by atoms with Gasteiger partial charge < -0.3 is 10.4 Å². The van der Waals surface area contributed by atoms with Crippen molar-refractivity contribution in [3.63, 3.8) is 0 Å². The van der Waals surface area contributed by atoms with Gasteiger partial charge in [-0.05, 0) is 38.1 Å². The Kier molecular flexibility index (Phi) is 5.88. The fraction of sp³-hybridized carbons (Fsp3) is 0.917. The van der Waals surface area contributed by atoms with Crippen molar-refractivity contribution in [1.29, 1.82) is 0 Å². The van der Waals surface area contributed by atoms with Gasteiger partial charge in [-0.15, -0.1) is 0 Å². The van der Waals surface area contributed by atoms with E-state index >= 15 is 0 Å². The number of aliphatic carboxylic acids is 1. The molecular formula is C12H25NO2. The molecule has 2 N–H and O–H groups in total. The number of hydrogen-bond donors (Lipinski definition) is 2. The Labute approximate surface area is 93.3 Å². The molecule has 15 heavy (non-hydrogen) atoms. The first-order valence-electron chi connectivity index (χ1n) is 5.76. The third kappa shape index (κ3) is 5.78. The van der Waals surface area contributed by atoms with E-state index < -0.39 is 11.5 Å². The number of nitrogens with one attached hydrogen (secondary N) is 1. The Bertz CT molecular complexity index is 188. The van der Waals surface area contributed by atoms with Gasteiger partial charge in [0.25, 0.3) is 0 Å². The van der Waals surface area contributed by atoms with E-state index in [0.29, 0.717) is 18.3 Å². The minimum atomic E-state index is -0.769. The normalized spacial score (nSPS) is 15.7. The fourth-order valence-corrected chi connectivity index (χ4v) is 1.28. The van der Waals surface area contributed by atoms with Crippen molar-refractivity contribution in [3.05, 3.63) is 0 Å². The van der Waals surface area contributed by atoms with E-state index in [4.69, 9.17) is 0 Å². The third-order valence-electron chi connectivity index (χ3n) is 2.59. The Balaban J connectivity index is 4.26. The van der Waals surface area contributed by atoms with Gasteiger partial charge in [0.05, 0.1) is 0 Å². The maximum absolute atomic E-state index is 11.2. The van der Waals surface area contributed by atoms with Crippen LogP contribution in [0, 0.1) is 11.8 Å². The molecule has 3 heteroatoms. The molecule has 0 rings (SSSR count). The third-order valence-corrected chi connectivity index (χ3v) is 2.59. The molecule has 0 aromatic heterocycles. The van der Waals surface area contributed by atoms with Gasteiger partial charge in [0.15, 0.2) is 0 Å². The van der Waals surface area contributed by atoms with Crippen LogP contribution in [0.15, 0.2) is 0 Å². The van der Waals surface area contributed by atoms with Crippen LogP contribution in [-0.2, 0) is 4.79 Å². The zero-order valence-electron chi connectivity index (χ0n) is 10.6. The molecule has 0 bridgehead atoms. The van der Waals surface area contributed by atoms with Crippen molar-refractivity contribution in [2.75, 3.05) is 6.54 Å². The van der Waals surface area contributed by atoms with Crippen LogP contribution in [0.25, 0.3) is 0 Å². The van der Waals surface area contributed by atoms with Crippen molar-refractivity contribution >= 4 is 5.97 Å². The molecule has 0 radical (unpaired) electrons. The van der Waals surface area contributed by atoms with Gasteiger partial charge in [0.1, 0.15) is 5.54 Å². The van der Waals surface area contributed by atoms with Gasteiger partial charge in [-0.1, -0.05) is 27.7 Å². The zero-order valence-corrected chi connectivity index (χ0v) is 10.6. The van der Waals surface area contributed by atoms with Crippen molar-refractivity contribution in [1.82, 2.24) is 5.32 Å². The second-order valence-electron chi connectivity index (χ2n) is 5.34. The summed E-state index contributed by atoms with van der Waals surface area (Å²) in [6, 6.07) is 0. The molecule has 0 aliphatic rings. The maximum atomic E-state index is 11.2. The largest absolute Gasteiger partial charge is 0.480 e. The SMILES string of the molecule is CC(C)CCC(C)(NCC(C)C)C(=O)O. The van der Waals surface area contributed by atoms with Crippen LogP contribution < -0.4 is 5.32 Å². The second kappa shape index (κ2) is 6.11. The topological polar surface area (TPSA) is 49.3 Å². The highest BCUT2D eigenvalue weighted by molar-refractivity contribution is 5.78. The van der Waals surface area contributed by atoms with Crippen LogP contribution in [0.5, 0.6) is 0 Å². The lowest BCUT2D eigenvalue weighted by atomic mass is 9.91. The van der Waals surface area contributed by atoms with Gasteiger partial charge in [0.2, 0.25) is 0 Å². The number of carboxylic acids is 1. The number of hydrogen-bond acceptors (Lipinski definition) is 2. The van der Waals surface area contributed by atoms with Gasteiger partial charge in [-0.25, -0.2) is 0 Å². The quantitative estimate of drug-likeness (QED) is 0.686. The first-order valence-corrected chi connectivity index (χ1v) is 5.76. The van der Waals surface area contributed by atoms with Crippen LogP contribution >= 0.6 is 0 Å². The molecular weight excluding hydrogens is 190 g/mol. The summed E-state index contributed by atoms with van der Waals surface area (Å²) in [5.74, 6) is 0.274. The summed E-state index contributed by atoms with van der Waals surface area (Å²) in [7, 11) is 0. The molecule has 0 aromatic carbocycles. The van der Waals surface area contributed by atoms with Crippen LogP contribution in [0.3, 0.4) is 0 Å². The molecule has 1 unspecified atom stereocenters. The smallest absolute Gasteiger partial charge is 0.323 e. The molecule has 0 saturated carbocycles. The molecule has 0 fully saturated rings. The van der Waals surface area contributed by atoms with Crippen LogP contribution in [-0.4, -0.2) is 23.2 Å². The summed E-state index contributed by atoms with van der Waals surface area (Å²) in [5, 5.41) is 12.3. The monoisotopic (exact) mass is 215 g/mol. The lowest BCUT2D eigenvalue weighted by Gasteiger charge is -2.28. The van der Waals surface area contributed by atoms with Gasteiger partial charge >= 0.3 is 5.97 Å². The minimum Gasteiger partial charge on any atom is -0.480 e. The average molecular weight is 215 g/mol. The Morgan fingerprint density at radius 2 is 1.80 bits per heavy atom. The molecule has 0 aromatic rings. The van der Waals surface area contributed by atoms with Crippen molar-refractivity contribution < 1.29 is 9.90 Å². The van der Waals surface area contributed by atoms with Gasteiger partial charge in [0, 0.05) is 0 Å². The van der Waals surface area contributed by atoms with E-state index in [9.17, 15) is 9.90 Å². The van der Waals surface area contributed by atoms with Crippen LogP contribution in [0.4, 0.5) is 0 Å². The summed E-state index contributed by atoms with van der Waals surface area (Å²) in [6.07, 6.45) is 1.63. The highest BCUT2D eigenvalue weighted by Crippen LogP contribution is 2.17. The highest BCUT2D eigenvalue weighted by atomic mass is 16.4. The van der Waals surface area contributed by atoms with E-state index in [1.165, 1.54) is 0 Å². The summed E-state index contributed by atoms with van der Waals surface area (Å²) in [4.78, 5) is 11.2. The Hall–Kier alpha value is -0.570. The summed E-state index contributed by atoms with van der Waals surface area (Å²) in [6.45, 7) is 10.9. The first kappa shape index (κ1) is 14.4. The molecule has 1 atom stereocenters. The summed E-state index contributed by atoms with van der Waals surface area (Å²) in [5.41, 5.74) is -0.769. The highest BCUT2D eigenvalue weighted by Gasteiger charge is 2.32. The second-order valence-corrected chi connectivity index (χ2v) is 5.34. The van der Waals surface area contributed by atoms with E-state index in [1.807, 2.05) is 0 Å². The lowest BCUT2D eigenvalue weighted by Crippen LogP contribution is -2.50. The Morgan fingerprint density at radius 3 is 2.13 bits per heavy atom. The predicted molar refractivity (Wildman–Crippen MR) is 63.0 cm³/mol. The number of carboxylic acid groups (broad SMARTS) is 1. The molecule has 0 amide bonds. The molecule has 0 aliphatic carbocycles. The first-order chi connectivity index (χ1) is 6.78. The van der Waals surface area contributed by atoms with Crippen molar-refractivity contribution in [2.24, 2.45) is 11.8 Å². The molecule has 3 nitrogen and oxygen atoms in total. The van der Waals surface area contributed by atoms with Crippen LogP contribution in [0.2, 0.25) is 0 Å². The molecule has 0 heterocycles. The molecule has 90 valence electrons. The van der Waals surface area contributed by atoms with E-state index in [2.05, 4.69) is 33.0 Å². The standard InChI is InChI=1S/C12H25NO2/c1-9(2)6-7-12(5,11(14)15)13-8-10(3)4/h9-10,13H,6-8H2,1-5H3,(H,14,15). The minimum absolute atomic E-state index is 0.475. The number of rotatable bonds is 7. The van der Waals surface area contributed by atoms with Crippen LogP contribution in [0.1, 0.15) is 47.5 Å². The number of carbonyl (C=O) groups is 1. The van der Waals surface area contributed by atoms with E-state index in [1.54, 1.807) is 6.92 Å². The summed E-state index contributed by atoms with van der Waals surface area (Å²) < 4.78 is 0. The zero-order chi connectivity index (χ0) is 12.1. The lowest BCUT2D eigenvalue weighted by molar-refractivity contribution is -0.144. The van der Waals surface area contributed by atoms with Gasteiger partial charge in [-0.2, -0.15) is 0 Å². The fourth-order valence-electron chi connectivity index (χ4n) is 1.28. The van der Waals surface area contributed by atoms with Crippen molar-refractivity contribution in [3.8, 4) is 0 Å². The summed E-state index contributed by atoms with van der Waals surface area (Å²) >= 11 is 0. The van der Waals surface area contributed by atoms with Gasteiger partial charge in [-0.3, -0.25) is 4.79 Å². The maximum Gasteiger partial charge on any atom is 0.323 e. The Morgan fingerprint density at radius 1 is 1.27 bits per heavy atom. The van der Waals surface area contributed by atoms with Crippen molar-refractivity contribution in [2.45, 2.75) is 53.0 Å². The predicted octanol–water partition coefficient (Wildman–Crippen LogP) is 2.51. The molecule has 0 spiro atoms. The van der Waals surface area contributed by atoms with E-state index in [-0.39, 0.29) is 0 Å². The van der Waals surface area contributed by atoms with E-state index in [0.717, 1.165) is 13.0 Å². The average Bonchev–Trinajstić information content (AvgIpc) is 2.11.